The number of fused-ring (bicyclic) bond motifs is 5. The van der Waals surface area contributed by atoms with Gasteiger partial charge in [0.1, 0.15) is 12.2 Å². The van der Waals surface area contributed by atoms with E-state index >= 15 is 0 Å². The number of rotatable bonds is 0. The maximum Gasteiger partial charge on any atom is 0.107 e. The molecule has 0 aromatic heterocycles. The minimum atomic E-state index is -0.815. The van der Waals surface area contributed by atoms with E-state index < -0.39 is 12.2 Å². The van der Waals surface area contributed by atoms with Crippen molar-refractivity contribution in [1.29, 1.82) is 0 Å². The summed E-state index contributed by atoms with van der Waals surface area (Å²) in [7, 11) is 0. The fraction of sp³-hybridized carbons (Fsp3) is 0.294. The van der Waals surface area contributed by atoms with Crippen LogP contribution >= 0.6 is 0 Å². The molecule has 0 bridgehead atoms. The lowest BCUT2D eigenvalue weighted by Gasteiger charge is -2.44. The van der Waals surface area contributed by atoms with Gasteiger partial charge in [0.15, 0.2) is 0 Å². The van der Waals surface area contributed by atoms with Crippen LogP contribution in [0.1, 0.15) is 34.3 Å². The zero-order valence-electron chi connectivity index (χ0n) is 11.0. The van der Waals surface area contributed by atoms with Crippen molar-refractivity contribution in [3.05, 3.63) is 70.8 Å². The molecule has 1 heterocycles. The summed E-state index contributed by atoms with van der Waals surface area (Å²) in [5.74, 6) is 0.106. The summed E-state index contributed by atoms with van der Waals surface area (Å²) in [4.78, 5) is 0. The van der Waals surface area contributed by atoms with Gasteiger partial charge in [-0.25, -0.2) is 0 Å². The smallest absolute Gasteiger partial charge is 0.107 e. The molecule has 2 aromatic rings. The first-order valence-corrected chi connectivity index (χ1v) is 7.03. The molecule has 0 radical (unpaired) electrons. The van der Waals surface area contributed by atoms with Crippen LogP contribution < -0.4 is 5.32 Å². The van der Waals surface area contributed by atoms with Crippen LogP contribution in [-0.2, 0) is 6.54 Å². The molecule has 4 atom stereocenters. The van der Waals surface area contributed by atoms with Gasteiger partial charge in [0.05, 0.1) is 0 Å². The Morgan fingerprint density at radius 3 is 2.30 bits per heavy atom. The van der Waals surface area contributed by atoms with E-state index in [0.717, 1.165) is 17.7 Å². The van der Waals surface area contributed by atoms with E-state index in [0.29, 0.717) is 0 Å². The molecule has 3 N–H and O–H groups in total. The molecular formula is C17H17NO2. The second-order valence-electron chi connectivity index (χ2n) is 5.65. The summed E-state index contributed by atoms with van der Waals surface area (Å²) in [6.07, 6.45) is -1.59. The van der Waals surface area contributed by atoms with E-state index in [1.807, 2.05) is 30.3 Å². The number of benzene rings is 2. The van der Waals surface area contributed by atoms with Crippen molar-refractivity contribution < 1.29 is 10.2 Å². The molecule has 1 aliphatic heterocycles. The van der Waals surface area contributed by atoms with Crippen molar-refractivity contribution in [2.45, 2.75) is 30.7 Å². The summed E-state index contributed by atoms with van der Waals surface area (Å²) < 4.78 is 0. The third-order valence-electron chi connectivity index (χ3n) is 4.62. The molecule has 2 aromatic carbocycles. The topological polar surface area (TPSA) is 52.5 Å². The van der Waals surface area contributed by atoms with Crippen LogP contribution in [0.4, 0.5) is 0 Å². The van der Waals surface area contributed by atoms with E-state index in [2.05, 4.69) is 23.5 Å². The van der Waals surface area contributed by atoms with Gasteiger partial charge < -0.3 is 15.5 Å². The highest BCUT2D eigenvalue weighted by molar-refractivity contribution is 5.48. The fourth-order valence-electron chi connectivity index (χ4n) is 3.66. The highest BCUT2D eigenvalue weighted by Gasteiger charge is 2.43. The van der Waals surface area contributed by atoms with Gasteiger partial charge in [0, 0.05) is 18.5 Å². The summed E-state index contributed by atoms with van der Waals surface area (Å²) >= 11 is 0. The number of hydrogen-bond donors (Lipinski definition) is 3. The Morgan fingerprint density at radius 1 is 0.850 bits per heavy atom. The van der Waals surface area contributed by atoms with E-state index in [9.17, 15) is 10.2 Å². The summed E-state index contributed by atoms with van der Waals surface area (Å²) in [6.45, 7) is 0.739. The van der Waals surface area contributed by atoms with E-state index in [-0.39, 0.29) is 12.0 Å². The molecule has 20 heavy (non-hydrogen) atoms. The number of hydrogen-bond acceptors (Lipinski definition) is 3. The summed E-state index contributed by atoms with van der Waals surface area (Å²) in [5, 5.41) is 24.1. The van der Waals surface area contributed by atoms with Crippen molar-refractivity contribution in [1.82, 2.24) is 5.32 Å². The van der Waals surface area contributed by atoms with Crippen molar-refractivity contribution in [2.24, 2.45) is 0 Å². The molecule has 4 unspecified atom stereocenters. The van der Waals surface area contributed by atoms with Crippen LogP contribution in [0.2, 0.25) is 0 Å². The van der Waals surface area contributed by atoms with Crippen molar-refractivity contribution in [3.63, 3.8) is 0 Å². The van der Waals surface area contributed by atoms with Gasteiger partial charge in [0.2, 0.25) is 0 Å². The molecule has 0 amide bonds. The van der Waals surface area contributed by atoms with E-state index in [1.165, 1.54) is 11.1 Å². The Labute approximate surface area is 117 Å². The van der Waals surface area contributed by atoms with Gasteiger partial charge in [-0.3, -0.25) is 0 Å². The molecule has 0 saturated carbocycles. The summed E-state index contributed by atoms with van der Waals surface area (Å²) in [6, 6.07) is 16.1. The standard InChI is InChI=1S/C17H17NO2/c19-16-13-8-4-3-7-12(13)14-11-6-2-1-5-10(11)9-18-15(14)17(16)20/h1-8,14-20H,9H2. The number of aliphatic hydroxyl groups is 2. The monoisotopic (exact) mass is 267 g/mol. The lowest BCUT2D eigenvalue weighted by Crippen LogP contribution is -2.52. The van der Waals surface area contributed by atoms with Crippen molar-refractivity contribution >= 4 is 0 Å². The van der Waals surface area contributed by atoms with Crippen LogP contribution in [-0.4, -0.2) is 22.4 Å². The van der Waals surface area contributed by atoms with Gasteiger partial charge in [-0.2, -0.15) is 0 Å². The first-order valence-electron chi connectivity index (χ1n) is 7.03. The van der Waals surface area contributed by atoms with Crippen molar-refractivity contribution in [2.75, 3.05) is 0 Å². The lowest BCUT2D eigenvalue weighted by atomic mass is 9.70. The molecule has 1 aliphatic carbocycles. The van der Waals surface area contributed by atoms with Gasteiger partial charge in [-0.15, -0.1) is 0 Å². The zero-order valence-corrected chi connectivity index (χ0v) is 11.0. The molecule has 4 rings (SSSR count). The Kier molecular flexibility index (Phi) is 2.67. The zero-order chi connectivity index (χ0) is 13.7. The number of nitrogens with one attached hydrogen (secondary N) is 1. The second kappa shape index (κ2) is 4.42. The van der Waals surface area contributed by atoms with E-state index in [1.54, 1.807) is 0 Å². The van der Waals surface area contributed by atoms with Gasteiger partial charge >= 0.3 is 0 Å². The molecule has 0 fully saturated rings. The Bertz CT molecular complexity index is 655. The van der Waals surface area contributed by atoms with Crippen LogP contribution in [0.3, 0.4) is 0 Å². The SMILES string of the molecule is OC1c2ccccc2C2c3ccccc3CNC2C1O. The average molecular weight is 267 g/mol. The molecule has 2 aliphatic rings. The normalized spacial score (nSPS) is 31.1. The highest BCUT2D eigenvalue weighted by atomic mass is 16.3. The Balaban J connectivity index is 1.95. The maximum absolute atomic E-state index is 10.4. The first-order chi connectivity index (χ1) is 9.77. The predicted molar refractivity (Wildman–Crippen MR) is 76.3 cm³/mol. The highest BCUT2D eigenvalue weighted by Crippen LogP contribution is 2.44. The van der Waals surface area contributed by atoms with Gasteiger partial charge in [-0.05, 0) is 22.3 Å². The molecular weight excluding hydrogens is 250 g/mol. The van der Waals surface area contributed by atoms with Crippen LogP contribution in [0, 0.1) is 0 Å². The van der Waals surface area contributed by atoms with E-state index in [4.69, 9.17) is 0 Å². The Morgan fingerprint density at radius 2 is 1.50 bits per heavy atom. The van der Waals surface area contributed by atoms with Crippen LogP contribution in [0.5, 0.6) is 0 Å². The first kappa shape index (κ1) is 12.1. The quantitative estimate of drug-likeness (QED) is 0.681. The minimum Gasteiger partial charge on any atom is -0.388 e. The van der Waals surface area contributed by atoms with Crippen LogP contribution in [0.25, 0.3) is 0 Å². The second-order valence-corrected chi connectivity index (χ2v) is 5.65. The molecule has 102 valence electrons. The Hall–Kier alpha value is -1.68. The maximum atomic E-state index is 10.4. The largest absolute Gasteiger partial charge is 0.388 e. The third-order valence-corrected chi connectivity index (χ3v) is 4.62. The lowest BCUT2D eigenvalue weighted by molar-refractivity contribution is -0.0203. The number of aliphatic hydroxyl groups excluding tert-OH is 2. The molecule has 3 heteroatoms. The van der Waals surface area contributed by atoms with Gasteiger partial charge in [0.25, 0.3) is 0 Å². The summed E-state index contributed by atoms with van der Waals surface area (Å²) in [5.41, 5.74) is 4.50. The van der Waals surface area contributed by atoms with Gasteiger partial charge in [-0.1, -0.05) is 48.5 Å². The fourth-order valence-corrected chi connectivity index (χ4v) is 3.66. The van der Waals surface area contributed by atoms with Crippen molar-refractivity contribution in [3.8, 4) is 0 Å². The molecule has 0 spiro atoms. The minimum absolute atomic E-state index is 0.106. The third kappa shape index (κ3) is 1.57. The molecule has 3 nitrogen and oxygen atoms in total. The predicted octanol–water partition coefficient (Wildman–Crippen LogP) is 1.70. The molecule has 0 saturated heterocycles. The average Bonchev–Trinajstić information content (AvgIpc) is 2.51. The van der Waals surface area contributed by atoms with Crippen LogP contribution in [0.15, 0.2) is 48.5 Å².